The fourth-order valence-corrected chi connectivity index (χ4v) is 2.80. The summed E-state index contributed by atoms with van der Waals surface area (Å²) < 4.78 is 5.16. The van der Waals surface area contributed by atoms with Gasteiger partial charge in [0.2, 0.25) is 5.91 Å². The van der Waals surface area contributed by atoms with Gasteiger partial charge in [-0.3, -0.25) is 9.59 Å². The zero-order chi connectivity index (χ0) is 15.1. The second-order valence-electron chi connectivity index (χ2n) is 4.99. The number of hydrogen-bond acceptors (Lipinski definition) is 4. The molecule has 0 aliphatic carbocycles. The minimum Gasteiger partial charge on any atom is -0.465 e. The predicted molar refractivity (Wildman–Crippen MR) is 85.7 cm³/mol. The lowest BCUT2D eigenvalue weighted by atomic mass is 10.0. The molecule has 21 heavy (non-hydrogen) atoms. The van der Waals surface area contributed by atoms with Crippen LogP contribution in [0.4, 0.5) is 5.69 Å². The van der Waals surface area contributed by atoms with Crippen molar-refractivity contribution < 1.29 is 14.3 Å². The Labute approximate surface area is 129 Å². The Morgan fingerprint density at radius 1 is 1.43 bits per heavy atom. The van der Waals surface area contributed by atoms with Crippen LogP contribution < -0.4 is 5.32 Å². The van der Waals surface area contributed by atoms with Crippen LogP contribution in [0.1, 0.15) is 30.9 Å². The second-order valence-corrected chi connectivity index (χ2v) is 6.38. The van der Waals surface area contributed by atoms with Crippen LogP contribution in [0.3, 0.4) is 0 Å². The fraction of sp³-hybridized carbons (Fsp3) is 0.500. The summed E-state index contributed by atoms with van der Waals surface area (Å²) in [7, 11) is 0. The summed E-state index contributed by atoms with van der Waals surface area (Å²) in [5, 5.41) is 2.82. The summed E-state index contributed by atoms with van der Waals surface area (Å²) in [4.78, 5) is 22.8. The van der Waals surface area contributed by atoms with Crippen molar-refractivity contribution in [2.45, 2.75) is 32.6 Å². The van der Waals surface area contributed by atoms with Gasteiger partial charge >= 0.3 is 5.97 Å². The number of nitrogens with one attached hydrogen (secondary N) is 1. The van der Waals surface area contributed by atoms with Crippen molar-refractivity contribution in [1.82, 2.24) is 0 Å². The predicted octanol–water partition coefficient (Wildman–Crippen LogP) is 2.80. The molecule has 0 saturated heterocycles. The Kier molecular flexibility index (Phi) is 6.11. The normalized spacial score (nSPS) is 12.9. The zero-order valence-electron chi connectivity index (χ0n) is 12.3. The van der Waals surface area contributed by atoms with Crippen molar-refractivity contribution in [3.63, 3.8) is 0 Å². The number of hydrogen-bond donors (Lipinski definition) is 1. The highest BCUT2D eigenvalue weighted by Gasteiger charge is 2.17. The molecule has 4 nitrogen and oxygen atoms in total. The molecule has 0 unspecified atom stereocenters. The van der Waals surface area contributed by atoms with E-state index in [9.17, 15) is 9.59 Å². The summed E-state index contributed by atoms with van der Waals surface area (Å²) in [6.45, 7) is 2.59. The van der Waals surface area contributed by atoms with Crippen LogP contribution in [-0.4, -0.2) is 30.0 Å². The van der Waals surface area contributed by atoms with Gasteiger partial charge in [-0.25, -0.2) is 0 Å². The van der Waals surface area contributed by atoms with Crippen LogP contribution in [0.15, 0.2) is 18.2 Å². The average molecular weight is 307 g/mol. The van der Waals surface area contributed by atoms with Crippen LogP contribution in [-0.2, 0) is 27.2 Å². The molecule has 1 amide bonds. The van der Waals surface area contributed by atoms with Gasteiger partial charge in [-0.1, -0.05) is 19.1 Å². The lowest BCUT2D eigenvalue weighted by molar-refractivity contribution is -0.143. The van der Waals surface area contributed by atoms with Crippen molar-refractivity contribution >= 4 is 29.3 Å². The van der Waals surface area contributed by atoms with E-state index in [4.69, 9.17) is 4.74 Å². The molecule has 0 atom stereocenters. The molecule has 0 fully saturated rings. The average Bonchev–Trinajstić information content (AvgIpc) is 2.83. The number of carbonyl (C=O) groups is 2. The molecular weight excluding hydrogens is 286 g/mol. The number of anilines is 1. The molecule has 1 aliphatic rings. The molecule has 1 N–H and O–H groups in total. The second kappa shape index (κ2) is 8.08. The SMILES string of the molecule is CCSCCOC(=O)CCCc1ccc2c(c1)CC(=O)N2. The summed E-state index contributed by atoms with van der Waals surface area (Å²) >= 11 is 1.77. The Morgan fingerprint density at radius 2 is 2.29 bits per heavy atom. The van der Waals surface area contributed by atoms with Crippen molar-refractivity contribution in [2.75, 3.05) is 23.4 Å². The van der Waals surface area contributed by atoms with Crippen LogP contribution in [0.25, 0.3) is 0 Å². The number of ether oxygens (including phenoxy) is 1. The number of esters is 1. The third-order valence-corrected chi connectivity index (χ3v) is 4.20. The van der Waals surface area contributed by atoms with E-state index in [0.717, 1.165) is 35.6 Å². The molecule has 0 radical (unpaired) electrons. The number of thioether (sulfide) groups is 1. The van der Waals surface area contributed by atoms with Gasteiger partial charge in [0.25, 0.3) is 0 Å². The maximum atomic E-state index is 11.5. The lowest BCUT2D eigenvalue weighted by Gasteiger charge is -2.05. The van der Waals surface area contributed by atoms with Gasteiger partial charge in [0.1, 0.15) is 6.61 Å². The van der Waals surface area contributed by atoms with Crippen molar-refractivity contribution in [3.05, 3.63) is 29.3 Å². The van der Waals surface area contributed by atoms with E-state index in [0.29, 0.717) is 19.4 Å². The Hall–Kier alpha value is -1.49. The molecule has 0 bridgehead atoms. The van der Waals surface area contributed by atoms with Crippen molar-refractivity contribution in [2.24, 2.45) is 0 Å². The van der Waals surface area contributed by atoms with Crippen LogP contribution in [0.2, 0.25) is 0 Å². The Morgan fingerprint density at radius 3 is 3.10 bits per heavy atom. The molecule has 2 rings (SSSR count). The summed E-state index contributed by atoms with van der Waals surface area (Å²) in [6.07, 6.45) is 2.52. The number of fused-ring (bicyclic) bond motifs is 1. The molecule has 1 aromatic rings. The molecule has 1 heterocycles. The first kappa shape index (κ1) is 15.9. The van der Waals surface area contributed by atoms with E-state index >= 15 is 0 Å². The third-order valence-electron chi connectivity index (χ3n) is 3.34. The summed E-state index contributed by atoms with van der Waals surface area (Å²) in [5.74, 6) is 1.85. The first-order valence-corrected chi connectivity index (χ1v) is 8.49. The van der Waals surface area contributed by atoms with Gasteiger partial charge in [-0.05, 0) is 35.8 Å². The molecule has 0 saturated carbocycles. The minimum atomic E-state index is -0.121. The van der Waals surface area contributed by atoms with Crippen molar-refractivity contribution in [3.8, 4) is 0 Å². The Bertz CT molecular complexity index is 516. The molecule has 5 heteroatoms. The smallest absolute Gasteiger partial charge is 0.305 e. The van der Waals surface area contributed by atoms with Crippen molar-refractivity contribution in [1.29, 1.82) is 0 Å². The van der Waals surface area contributed by atoms with E-state index in [1.54, 1.807) is 11.8 Å². The maximum Gasteiger partial charge on any atom is 0.305 e. The largest absolute Gasteiger partial charge is 0.465 e. The van der Waals surface area contributed by atoms with Crippen LogP contribution in [0.5, 0.6) is 0 Å². The highest BCUT2D eigenvalue weighted by molar-refractivity contribution is 7.99. The van der Waals surface area contributed by atoms with Crippen LogP contribution in [0, 0.1) is 0 Å². The summed E-state index contributed by atoms with van der Waals surface area (Å²) in [5.41, 5.74) is 3.13. The summed E-state index contributed by atoms with van der Waals surface area (Å²) in [6, 6.07) is 6.00. The molecular formula is C16H21NO3S. The Balaban J connectivity index is 1.68. The highest BCUT2D eigenvalue weighted by atomic mass is 32.2. The lowest BCUT2D eigenvalue weighted by Crippen LogP contribution is -2.07. The van der Waals surface area contributed by atoms with Gasteiger partial charge in [0, 0.05) is 17.9 Å². The van der Waals surface area contributed by atoms with E-state index in [2.05, 4.69) is 18.3 Å². The number of rotatable bonds is 8. The first-order chi connectivity index (χ1) is 10.2. The first-order valence-electron chi connectivity index (χ1n) is 7.34. The molecule has 0 aromatic heterocycles. The van der Waals surface area contributed by atoms with Gasteiger partial charge in [0.15, 0.2) is 0 Å². The van der Waals surface area contributed by atoms with E-state index in [1.807, 2.05) is 12.1 Å². The van der Waals surface area contributed by atoms with E-state index in [-0.39, 0.29) is 11.9 Å². The van der Waals surface area contributed by atoms with Gasteiger partial charge in [-0.15, -0.1) is 0 Å². The number of amides is 1. The topological polar surface area (TPSA) is 55.4 Å². The third kappa shape index (κ3) is 5.08. The molecule has 1 aliphatic heterocycles. The van der Waals surface area contributed by atoms with E-state index in [1.165, 1.54) is 5.56 Å². The fourth-order valence-electron chi connectivity index (χ4n) is 2.31. The van der Waals surface area contributed by atoms with E-state index < -0.39 is 0 Å². The van der Waals surface area contributed by atoms with Crippen LogP contribution >= 0.6 is 11.8 Å². The zero-order valence-corrected chi connectivity index (χ0v) is 13.1. The molecule has 114 valence electrons. The number of benzene rings is 1. The minimum absolute atomic E-state index is 0.0516. The highest BCUT2D eigenvalue weighted by Crippen LogP contribution is 2.24. The van der Waals surface area contributed by atoms with Gasteiger partial charge in [-0.2, -0.15) is 11.8 Å². The molecule has 1 aromatic carbocycles. The molecule has 0 spiro atoms. The van der Waals surface area contributed by atoms with Gasteiger partial charge < -0.3 is 10.1 Å². The standard InChI is InChI=1S/C16H21NO3S/c1-2-21-9-8-20-16(19)5-3-4-12-6-7-14-13(10-12)11-15(18)17-14/h6-7,10H,2-5,8-9,11H2,1H3,(H,17,18). The van der Waals surface area contributed by atoms with Gasteiger partial charge in [0.05, 0.1) is 6.42 Å². The number of carbonyl (C=O) groups excluding carboxylic acids is 2. The quantitative estimate of drug-likeness (QED) is 0.593. The monoisotopic (exact) mass is 307 g/mol. The maximum absolute atomic E-state index is 11.5. The number of aryl methyl sites for hydroxylation is 1.